The third kappa shape index (κ3) is 3.89. The van der Waals surface area contributed by atoms with Gasteiger partial charge in [0, 0.05) is 13.1 Å². The molecule has 0 aromatic heterocycles. The molecule has 3 aromatic carbocycles. The van der Waals surface area contributed by atoms with Gasteiger partial charge in [-0.3, -0.25) is 0 Å². The molecule has 0 atom stereocenters. The fourth-order valence-corrected chi connectivity index (χ4v) is 2.38. The largest absolute Gasteiger partial charge is 0.379 e. The molecule has 0 aliphatic carbocycles. The quantitative estimate of drug-likeness (QED) is 0.673. The fourth-order valence-electron chi connectivity index (χ4n) is 2.38. The van der Waals surface area contributed by atoms with Crippen molar-refractivity contribution < 1.29 is 0 Å². The summed E-state index contributed by atoms with van der Waals surface area (Å²) in [5.41, 5.74) is 4.81. The lowest BCUT2D eigenvalue weighted by molar-refractivity contribution is 1.12. The molecular formula is C20H20N2. The maximum Gasteiger partial charge on any atom is 0.0578 e. The second-order valence-electron chi connectivity index (χ2n) is 5.22. The Morgan fingerprint density at radius 2 is 0.818 bits per heavy atom. The van der Waals surface area contributed by atoms with Crippen molar-refractivity contribution in [3.63, 3.8) is 0 Å². The first kappa shape index (κ1) is 14.2. The predicted octanol–water partition coefficient (Wildman–Crippen LogP) is 4.91. The molecule has 0 fully saturated rings. The smallest absolute Gasteiger partial charge is 0.0578 e. The van der Waals surface area contributed by atoms with Crippen LogP contribution in [-0.4, -0.2) is 0 Å². The van der Waals surface area contributed by atoms with Crippen LogP contribution in [0.25, 0.3) is 0 Å². The van der Waals surface area contributed by atoms with Gasteiger partial charge in [-0.2, -0.15) is 0 Å². The summed E-state index contributed by atoms with van der Waals surface area (Å²) < 4.78 is 0. The van der Waals surface area contributed by atoms with Gasteiger partial charge < -0.3 is 10.6 Å². The van der Waals surface area contributed by atoms with E-state index in [-0.39, 0.29) is 0 Å². The number of para-hydroxylation sites is 2. The summed E-state index contributed by atoms with van der Waals surface area (Å²) >= 11 is 0. The lowest BCUT2D eigenvalue weighted by Crippen LogP contribution is -2.05. The van der Waals surface area contributed by atoms with Crippen LogP contribution in [-0.2, 0) is 13.1 Å². The summed E-state index contributed by atoms with van der Waals surface area (Å²) in [5, 5.41) is 7.01. The Morgan fingerprint density at radius 3 is 1.23 bits per heavy atom. The van der Waals surface area contributed by atoms with Crippen LogP contribution in [0.2, 0.25) is 0 Å². The molecule has 0 radical (unpaired) electrons. The van der Waals surface area contributed by atoms with Gasteiger partial charge in [0.15, 0.2) is 0 Å². The molecule has 3 rings (SSSR count). The molecule has 0 spiro atoms. The van der Waals surface area contributed by atoms with Crippen molar-refractivity contribution in [2.75, 3.05) is 10.6 Å². The highest BCUT2D eigenvalue weighted by Crippen LogP contribution is 2.22. The zero-order valence-electron chi connectivity index (χ0n) is 12.5. The van der Waals surface area contributed by atoms with Crippen LogP contribution in [0.3, 0.4) is 0 Å². The van der Waals surface area contributed by atoms with Crippen molar-refractivity contribution in [2.24, 2.45) is 0 Å². The monoisotopic (exact) mass is 288 g/mol. The van der Waals surface area contributed by atoms with Crippen molar-refractivity contribution in [3.8, 4) is 0 Å². The molecule has 0 saturated heterocycles. The molecule has 0 aliphatic rings. The van der Waals surface area contributed by atoms with E-state index in [9.17, 15) is 0 Å². The summed E-state index contributed by atoms with van der Waals surface area (Å²) in [6, 6.07) is 29.2. The minimum atomic E-state index is 0.824. The molecule has 110 valence electrons. The van der Waals surface area contributed by atoms with Gasteiger partial charge in [0.25, 0.3) is 0 Å². The first-order valence-corrected chi connectivity index (χ1v) is 7.56. The number of rotatable bonds is 6. The summed E-state index contributed by atoms with van der Waals surface area (Å²) in [4.78, 5) is 0. The van der Waals surface area contributed by atoms with Crippen molar-refractivity contribution >= 4 is 11.4 Å². The second-order valence-corrected chi connectivity index (χ2v) is 5.22. The highest BCUT2D eigenvalue weighted by molar-refractivity contribution is 5.68. The Labute approximate surface area is 131 Å². The molecule has 3 aromatic rings. The highest BCUT2D eigenvalue weighted by Gasteiger charge is 2.01. The van der Waals surface area contributed by atoms with Crippen LogP contribution >= 0.6 is 0 Å². The molecule has 0 aliphatic heterocycles. The molecule has 0 bridgehead atoms. The topological polar surface area (TPSA) is 24.1 Å². The van der Waals surface area contributed by atoms with Crippen LogP contribution in [0.4, 0.5) is 11.4 Å². The third-order valence-electron chi connectivity index (χ3n) is 3.58. The summed E-state index contributed by atoms with van der Waals surface area (Å²) in [6.45, 7) is 1.65. The second kappa shape index (κ2) is 7.32. The van der Waals surface area contributed by atoms with E-state index in [2.05, 4.69) is 83.4 Å². The van der Waals surface area contributed by atoms with E-state index in [0.717, 1.165) is 24.5 Å². The Kier molecular flexibility index (Phi) is 4.73. The Bertz CT molecular complexity index is 631. The molecule has 22 heavy (non-hydrogen) atoms. The number of hydrogen-bond donors (Lipinski definition) is 2. The summed E-state index contributed by atoms with van der Waals surface area (Å²) in [6.07, 6.45) is 0. The Hall–Kier alpha value is -2.74. The minimum Gasteiger partial charge on any atom is -0.379 e. The summed E-state index contributed by atoms with van der Waals surface area (Å²) in [5.74, 6) is 0. The van der Waals surface area contributed by atoms with Gasteiger partial charge in [-0.1, -0.05) is 72.8 Å². The van der Waals surface area contributed by atoms with Crippen LogP contribution < -0.4 is 10.6 Å². The van der Waals surface area contributed by atoms with E-state index in [1.54, 1.807) is 0 Å². The average Bonchev–Trinajstić information content (AvgIpc) is 2.61. The van der Waals surface area contributed by atoms with Crippen LogP contribution in [0.5, 0.6) is 0 Å². The van der Waals surface area contributed by atoms with E-state index >= 15 is 0 Å². The van der Waals surface area contributed by atoms with Crippen molar-refractivity contribution in [1.82, 2.24) is 0 Å². The molecule has 2 N–H and O–H groups in total. The van der Waals surface area contributed by atoms with Crippen LogP contribution in [0, 0.1) is 0 Å². The lowest BCUT2D eigenvalue weighted by Gasteiger charge is -2.14. The Balaban J connectivity index is 1.65. The molecule has 0 amide bonds. The molecular weight excluding hydrogens is 268 g/mol. The minimum absolute atomic E-state index is 0.824. The van der Waals surface area contributed by atoms with Gasteiger partial charge >= 0.3 is 0 Å². The fraction of sp³-hybridized carbons (Fsp3) is 0.100. The van der Waals surface area contributed by atoms with Gasteiger partial charge in [-0.15, -0.1) is 0 Å². The molecule has 2 nitrogen and oxygen atoms in total. The van der Waals surface area contributed by atoms with Gasteiger partial charge in [-0.05, 0) is 23.3 Å². The molecule has 0 unspecified atom stereocenters. The SMILES string of the molecule is c1ccc(CNc2ccccc2NCc2ccccc2)cc1. The van der Waals surface area contributed by atoms with E-state index in [4.69, 9.17) is 0 Å². The third-order valence-corrected chi connectivity index (χ3v) is 3.58. The van der Waals surface area contributed by atoms with Crippen LogP contribution in [0.1, 0.15) is 11.1 Å². The first-order valence-electron chi connectivity index (χ1n) is 7.56. The van der Waals surface area contributed by atoms with Gasteiger partial charge in [-0.25, -0.2) is 0 Å². The standard InChI is InChI=1S/C20H20N2/c1-3-9-17(10-4-1)15-21-19-13-7-8-14-20(19)22-16-18-11-5-2-6-12-18/h1-14,21-22H,15-16H2. The number of nitrogens with one attached hydrogen (secondary N) is 2. The zero-order chi connectivity index (χ0) is 15.0. The van der Waals surface area contributed by atoms with Gasteiger partial charge in [0.1, 0.15) is 0 Å². The van der Waals surface area contributed by atoms with Crippen molar-refractivity contribution in [1.29, 1.82) is 0 Å². The maximum absolute atomic E-state index is 3.50. The molecule has 0 heterocycles. The number of benzene rings is 3. The van der Waals surface area contributed by atoms with E-state index in [1.807, 2.05) is 12.1 Å². The van der Waals surface area contributed by atoms with Gasteiger partial charge in [0.2, 0.25) is 0 Å². The lowest BCUT2D eigenvalue weighted by atomic mass is 10.2. The maximum atomic E-state index is 3.50. The average molecular weight is 288 g/mol. The van der Waals surface area contributed by atoms with Crippen molar-refractivity contribution in [3.05, 3.63) is 96.1 Å². The van der Waals surface area contributed by atoms with Gasteiger partial charge in [0.05, 0.1) is 11.4 Å². The van der Waals surface area contributed by atoms with E-state index in [0.29, 0.717) is 0 Å². The zero-order valence-corrected chi connectivity index (χ0v) is 12.5. The normalized spacial score (nSPS) is 10.2. The van der Waals surface area contributed by atoms with E-state index in [1.165, 1.54) is 11.1 Å². The van der Waals surface area contributed by atoms with Crippen LogP contribution in [0.15, 0.2) is 84.9 Å². The summed E-state index contributed by atoms with van der Waals surface area (Å²) in [7, 11) is 0. The van der Waals surface area contributed by atoms with E-state index < -0.39 is 0 Å². The Morgan fingerprint density at radius 1 is 0.455 bits per heavy atom. The molecule has 2 heteroatoms. The first-order chi connectivity index (χ1) is 10.9. The number of hydrogen-bond acceptors (Lipinski definition) is 2. The number of anilines is 2. The van der Waals surface area contributed by atoms with Crippen molar-refractivity contribution in [2.45, 2.75) is 13.1 Å². The predicted molar refractivity (Wildman–Crippen MR) is 94.0 cm³/mol. The highest BCUT2D eigenvalue weighted by atomic mass is 14.9. The molecule has 0 saturated carbocycles.